The summed E-state index contributed by atoms with van der Waals surface area (Å²) in [5.41, 5.74) is 0.693. The molecule has 0 atom stereocenters. The number of furan rings is 1. The number of rotatable bonds is 8. The summed E-state index contributed by atoms with van der Waals surface area (Å²) in [6, 6.07) is -0.151. The predicted molar refractivity (Wildman–Crippen MR) is 81.8 cm³/mol. The molecule has 0 aromatic carbocycles. The first kappa shape index (κ1) is 18.2. The molecule has 1 heterocycles. The Balaban J connectivity index is 3.34. The van der Waals surface area contributed by atoms with Crippen LogP contribution in [0, 0.1) is 13.8 Å². The van der Waals surface area contributed by atoms with E-state index < -0.39 is 10.0 Å². The van der Waals surface area contributed by atoms with Gasteiger partial charge in [-0.05, 0) is 34.7 Å². The molecule has 0 bridgehead atoms. The summed E-state index contributed by atoms with van der Waals surface area (Å²) in [5, 5.41) is 2.99. The van der Waals surface area contributed by atoms with E-state index in [9.17, 15) is 8.42 Å². The zero-order valence-electron chi connectivity index (χ0n) is 13.7. The van der Waals surface area contributed by atoms with Gasteiger partial charge >= 0.3 is 0 Å². The average Bonchev–Trinajstić information content (AvgIpc) is 2.65. The summed E-state index contributed by atoms with van der Waals surface area (Å²) in [6.45, 7) is 8.31. The molecule has 0 unspecified atom stereocenters. The van der Waals surface area contributed by atoms with Crippen molar-refractivity contribution in [3.8, 4) is 0 Å². The lowest BCUT2D eigenvalue weighted by molar-refractivity contribution is 0.171. The highest BCUT2D eigenvalue weighted by Crippen LogP contribution is 2.30. The number of methoxy groups -OCH3 is 1. The minimum absolute atomic E-state index is 0.151. The fourth-order valence-corrected chi connectivity index (χ4v) is 4.42. The minimum atomic E-state index is -3.62. The molecule has 1 N–H and O–H groups in total. The lowest BCUT2D eigenvalue weighted by Crippen LogP contribution is -2.39. The molecule has 7 heteroatoms. The lowest BCUT2D eigenvalue weighted by atomic mass is 10.2. The van der Waals surface area contributed by atoms with Gasteiger partial charge in [0.25, 0.3) is 0 Å². The van der Waals surface area contributed by atoms with Gasteiger partial charge in [-0.1, -0.05) is 0 Å². The Labute approximate surface area is 127 Å². The maximum Gasteiger partial charge on any atom is 0.247 e. The Kier molecular flexibility index (Phi) is 6.40. The zero-order chi connectivity index (χ0) is 16.2. The van der Waals surface area contributed by atoms with E-state index in [4.69, 9.17) is 9.15 Å². The van der Waals surface area contributed by atoms with E-state index in [1.54, 1.807) is 28.0 Å². The van der Waals surface area contributed by atoms with E-state index in [0.29, 0.717) is 36.8 Å². The Morgan fingerprint density at radius 2 is 1.90 bits per heavy atom. The van der Waals surface area contributed by atoms with Gasteiger partial charge in [-0.2, -0.15) is 4.31 Å². The Morgan fingerprint density at radius 1 is 1.29 bits per heavy atom. The van der Waals surface area contributed by atoms with Crippen LogP contribution in [0.5, 0.6) is 0 Å². The average molecular weight is 318 g/mol. The van der Waals surface area contributed by atoms with E-state index >= 15 is 0 Å². The molecular formula is C14H26N2O4S. The third kappa shape index (κ3) is 3.85. The molecule has 21 heavy (non-hydrogen) atoms. The summed E-state index contributed by atoms with van der Waals surface area (Å²) in [5.74, 6) is 1.07. The van der Waals surface area contributed by atoms with E-state index in [1.165, 1.54) is 4.31 Å². The van der Waals surface area contributed by atoms with Gasteiger partial charge in [-0.15, -0.1) is 0 Å². The van der Waals surface area contributed by atoms with Crippen LogP contribution in [-0.2, 0) is 21.3 Å². The van der Waals surface area contributed by atoms with Crippen LogP contribution < -0.4 is 5.32 Å². The summed E-state index contributed by atoms with van der Waals surface area (Å²) in [4.78, 5) is 0.277. The van der Waals surface area contributed by atoms with Crippen LogP contribution in [0.1, 0.15) is 30.9 Å². The maximum absolute atomic E-state index is 13.0. The fraction of sp³-hybridized carbons (Fsp3) is 0.714. The lowest BCUT2D eigenvalue weighted by Gasteiger charge is -2.26. The highest BCUT2D eigenvalue weighted by atomic mass is 32.2. The van der Waals surface area contributed by atoms with Crippen molar-refractivity contribution < 1.29 is 17.6 Å². The molecule has 0 spiro atoms. The van der Waals surface area contributed by atoms with Crippen molar-refractivity contribution in [2.45, 2.75) is 45.2 Å². The standard InChI is InChI=1S/C14H26N2O4S/c1-10(2)16(7-8-19-6)21(17,18)14-12(4)20-11(3)13(14)9-15-5/h10,15H,7-9H2,1-6H3. The van der Waals surface area contributed by atoms with Gasteiger partial charge in [0.1, 0.15) is 16.4 Å². The van der Waals surface area contributed by atoms with Crippen LogP contribution in [0.4, 0.5) is 0 Å². The third-order valence-electron chi connectivity index (χ3n) is 3.34. The molecule has 0 fully saturated rings. The molecule has 0 amide bonds. The fourth-order valence-electron chi connectivity index (χ4n) is 2.38. The first-order valence-electron chi connectivity index (χ1n) is 7.01. The van der Waals surface area contributed by atoms with Crippen LogP contribution >= 0.6 is 0 Å². The number of hydrogen-bond donors (Lipinski definition) is 1. The summed E-state index contributed by atoms with van der Waals surface area (Å²) in [7, 11) is -0.274. The number of aryl methyl sites for hydroxylation is 2. The third-order valence-corrected chi connectivity index (χ3v) is 5.61. The maximum atomic E-state index is 13.0. The van der Waals surface area contributed by atoms with Gasteiger partial charge in [0.2, 0.25) is 10.0 Å². The summed E-state index contributed by atoms with van der Waals surface area (Å²) < 4.78 is 38.0. The van der Waals surface area contributed by atoms with E-state index in [1.807, 2.05) is 13.8 Å². The van der Waals surface area contributed by atoms with Gasteiger partial charge in [-0.3, -0.25) is 0 Å². The zero-order valence-corrected chi connectivity index (χ0v) is 14.5. The SMILES string of the molecule is CNCc1c(C)oc(C)c1S(=O)(=O)N(CCOC)C(C)C. The van der Waals surface area contributed by atoms with Gasteiger partial charge in [0.05, 0.1) is 6.61 Å². The Bertz CT molecular complexity index is 564. The second-order valence-electron chi connectivity index (χ2n) is 5.25. The van der Waals surface area contributed by atoms with Crippen molar-refractivity contribution in [2.24, 2.45) is 0 Å². The molecule has 0 aliphatic heterocycles. The van der Waals surface area contributed by atoms with Gasteiger partial charge in [0.15, 0.2) is 0 Å². The second-order valence-corrected chi connectivity index (χ2v) is 7.08. The second kappa shape index (κ2) is 7.40. The Hall–Kier alpha value is -0.890. The molecule has 0 aliphatic carbocycles. The molecular weight excluding hydrogens is 292 g/mol. The smallest absolute Gasteiger partial charge is 0.247 e. The van der Waals surface area contributed by atoms with E-state index in [2.05, 4.69) is 5.32 Å². The van der Waals surface area contributed by atoms with Crippen LogP contribution in [0.25, 0.3) is 0 Å². The Morgan fingerprint density at radius 3 is 2.38 bits per heavy atom. The molecule has 0 aliphatic rings. The molecule has 1 aromatic rings. The van der Waals surface area contributed by atoms with E-state index in [-0.39, 0.29) is 10.9 Å². The van der Waals surface area contributed by atoms with Crippen LogP contribution in [0.15, 0.2) is 9.31 Å². The molecule has 6 nitrogen and oxygen atoms in total. The molecule has 1 rings (SSSR count). The first-order chi connectivity index (χ1) is 9.77. The summed E-state index contributed by atoms with van der Waals surface area (Å²) in [6.07, 6.45) is 0. The van der Waals surface area contributed by atoms with Crippen molar-refractivity contribution in [2.75, 3.05) is 27.3 Å². The largest absolute Gasteiger partial charge is 0.465 e. The number of sulfonamides is 1. The highest BCUT2D eigenvalue weighted by molar-refractivity contribution is 7.89. The number of nitrogens with one attached hydrogen (secondary N) is 1. The van der Waals surface area contributed by atoms with E-state index in [0.717, 1.165) is 0 Å². The summed E-state index contributed by atoms with van der Waals surface area (Å²) >= 11 is 0. The van der Waals surface area contributed by atoms with Crippen LogP contribution in [-0.4, -0.2) is 46.1 Å². The quantitative estimate of drug-likeness (QED) is 0.789. The molecule has 0 saturated heterocycles. The minimum Gasteiger partial charge on any atom is -0.465 e. The van der Waals surface area contributed by atoms with Crippen molar-refractivity contribution in [1.82, 2.24) is 9.62 Å². The van der Waals surface area contributed by atoms with Gasteiger partial charge < -0.3 is 14.5 Å². The van der Waals surface area contributed by atoms with Crippen molar-refractivity contribution >= 4 is 10.0 Å². The van der Waals surface area contributed by atoms with Crippen molar-refractivity contribution in [3.05, 3.63) is 17.1 Å². The monoisotopic (exact) mass is 318 g/mol. The van der Waals surface area contributed by atoms with Crippen molar-refractivity contribution in [3.63, 3.8) is 0 Å². The molecule has 0 radical (unpaired) electrons. The molecule has 1 aromatic heterocycles. The highest BCUT2D eigenvalue weighted by Gasteiger charge is 2.33. The van der Waals surface area contributed by atoms with Gasteiger partial charge in [-0.25, -0.2) is 8.42 Å². The van der Waals surface area contributed by atoms with Crippen molar-refractivity contribution in [1.29, 1.82) is 0 Å². The predicted octanol–water partition coefficient (Wildman–Crippen LogP) is 1.66. The molecule has 0 saturated carbocycles. The number of ether oxygens (including phenoxy) is 1. The van der Waals surface area contributed by atoms with Gasteiger partial charge in [0, 0.05) is 31.8 Å². The molecule has 122 valence electrons. The van der Waals surface area contributed by atoms with Crippen LogP contribution in [0.2, 0.25) is 0 Å². The number of hydrogen-bond acceptors (Lipinski definition) is 5. The van der Waals surface area contributed by atoms with Crippen LogP contribution in [0.3, 0.4) is 0 Å². The first-order valence-corrected chi connectivity index (χ1v) is 8.45. The normalized spacial score (nSPS) is 12.6. The number of nitrogens with zero attached hydrogens (tertiary/aromatic N) is 1. The topological polar surface area (TPSA) is 71.8 Å².